The van der Waals surface area contributed by atoms with E-state index in [0.717, 1.165) is 6.42 Å². The molecular weight excluding hydrogens is 170 g/mol. The highest BCUT2D eigenvalue weighted by molar-refractivity contribution is 5.68. The van der Waals surface area contributed by atoms with Crippen molar-refractivity contribution in [2.24, 2.45) is 5.41 Å². The molecule has 4 nitrogen and oxygen atoms in total. The second kappa shape index (κ2) is 3.96. The van der Waals surface area contributed by atoms with Crippen molar-refractivity contribution < 1.29 is 14.6 Å². The summed E-state index contributed by atoms with van der Waals surface area (Å²) in [5.41, 5.74) is -0.132. The van der Waals surface area contributed by atoms with E-state index in [4.69, 9.17) is 9.84 Å². The number of likely N-dealkylation sites (tertiary alicyclic amines) is 1. The predicted molar refractivity (Wildman–Crippen MR) is 48.4 cm³/mol. The molecule has 1 amide bonds. The van der Waals surface area contributed by atoms with Crippen molar-refractivity contribution in [3.63, 3.8) is 0 Å². The number of hydrogen-bond acceptors (Lipinski definition) is 3. The van der Waals surface area contributed by atoms with Crippen LogP contribution < -0.4 is 0 Å². The first-order valence-corrected chi connectivity index (χ1v) is 4.64. The fraction of sp³-hybridized carbons (Fsp3) is 0.889. The minimum atomic E-state index is -0.264. The number of aliphatic hydroxyl groups excluding tert-OH is 1. The van der Waals surface area contributed by atoms with Crippen LogP contribution in [0.4, 0.5) is 4.79 Å². The summed E-state index contributed by atoms with van der Waals surface area (Å²) in [6.45, 7) is 5.59. The molecule has 1 N–H and O–H groups in total. The Morgan fingerprint density at radius 1 is 1.69 bits per heavy atom. The fourth-order valence-corrected chi connectivity index (χ4v) is 1.52. The van der Waals surface area contributed by atoms with Crippen LogP contribution in [0.25, 0.3) is 0 Å². The summed E-state index contributed by atoms with van der Waals surface area (Å²) in [6.07, 6.45) is 0.585. The van der Waals surface area contributed by atoms with Crippen LogP contribution in [0.2, 0.25) is 0 Å². The standard InChI is InChI=1S/C9H17NO3/c1-3-13-8(12)10-5-4-9(2,6-10)7-11/h11H,3-7H2,1-2H3. The Bertz CT molecular complexity index is 195. The maximum atomic E-state index is 11.3. The van der Waals surface area contributed by atoms with Gasteiger partial charge in [-0.05, 0) is 13.3 Å². The predicted octanol–water partition coefficient (Wildman–Crippen LogP) is 0.847. The molecule has 1 heterocycles. The van der Waals surface area contributed by atoms with Crippen LogP contribution >= 0.6 is 0 Å². The SMILES string of the molecule is CCOC(=O)N1CCC(C)(CO)C1. The Hall–Kier alpha value is -0.770. The molecule has 0 radical (unpaired) electrons. The lowest BCUT2D eigenvalue weighted by atomic mass is 9.91. The molecule has 1 saturated heterocycles. The van der Waals surface area contributed by atoms with Gasteiger partial charge in [-0.1, -0.05) is 6.92 Å². The molecule has 13 heavy (non-hydrogen) atoms. The highest BCUT2D eigenvalue weighted by Crippen LogP contribution is 2.29. The highest BCUT2D eigenvalue weighted by atomic mass is 16.6. The number of aliphatic hydroxyl groups is 1. The second-order valence-corrected chi connectivity index (χ2v) is 3.84. The van der Waals surface area contributed by atoms with Gasteiger partial charge in [0.15, 0.2) is 0 Å². The number of nitrogens with zero attached hydrogens (tertiary/aromatic N) is 1. The molecule has 1 aliphatic rings. The molecule has 0 aliphatic carbocycles. The van der Waals surface area contributed by atoms with Gasteiger partial charge in [0.1, 0.15) is 0 Å². The molecule has 0 saturated carbocycles. The lowest BCUT2D eigenvalue weighted by Gasteiger charge is -2.21. The zero-order valence-corrected chi connectivity index (χ0v) is 8.25. The summed E-state index contributed by atoms with van der Waals surface area (Å²) >= 11 is 0. The van der Waals surface area contributed by atoms with Crippen molar-refractivity contribution >= 4 is 6.09 Å². The van der Waals surface area contributed by atoms with Crippen LogP contribution in [-0.4, -0.2) is 42.4 Å². The molecule has 1 fully saturated rings. The lowest BCUT2D eigenvalue weighted by molar-refractivity contribution is 0.103. The van der Waals surface area contributed by atoms with E-state index in [1.54, 1.807) is 11.8 Å². The van der Waals surface area contributed by atoms with Gasteiger partial charge >= 0.3 is 6.09 Å². The average molecular weight is 187 g/mol. The summed E-state index contributed by atoms with van der Waals surface area (Å²) in [5.74, 6) is 0. The first kappa shape index (κ1) is 10.3. The topological polar surface area (TPSA) is 49.8 Å². The molecule has 0 spiro atoms. The van der Waals surface area contributed by atoms with Crippen molar-refractivity contribution in [2.45, 2.75) is 20.3 Å². The Balaban J connectivity index is 2.45. The Morgan fingerprint density at radius 3 is 2.85 bits per heavy atom. The molecule has 0 bridgehead atoms. The molecule has 0 aromatic carbocycles. The number of carbonyl (C=O) groups is 1. The van der Waals surface area contributed by atoms with Gasteiger partial charge in [0.05, 0.1) is 13.2 Å². The number of carbonyl (C=O) groups excluding carboxylic acids is 1. The molecular formula is C9H17NO3. The molecule has 1 unspecified atom stereocenters. The number of amides is 1. The molecule has 1 atom stereocenters. The van der Waals surface area contributed by atoms with E-state index >= 15 is 0 Å². The third-order valence-electron chi connectivity index (χ3n) is 2.47. The smallest absolute Gasteiger partial charge is 0.409 e. The third kappa shape index (κ3) is 2.34. The van der Waals surface area contributed by atoms with Crippen molar-refractivity contribution in [2.75, 3.05) is 26.3 Å². The summed E-state index contributed by atoms with van der Waals surface area (Å²) in [7, 11) is 0. The van der Waals surface area contributed by atoms with Gasteiger partial charge in [-0.25, -0.2) is 4.79 Å². The monoisotopic (exact) mass is 187 g/mol. The van der Waals surface area contributed by atoms with Crippen molar-refractivity contribution in [3.05, 3.63) is 0 Å². The van der Waals surface area contributed by atoms with Crippen LogP contribution in [0, 0.1) is 5.41 Å². The number of hydrogen-bond donors (Lipinski definition) is 1. The van der Waals surface area contributed by atoms with E-state index in [9.17, 15) is 4.79 Å². The minimum Gasteiger partial charge on any atom is -0.450 e. The summed E-state index contributed by atoms with van der Waals surface area (Å²) in [6, 6.07) is 0. The van der Waals surface area contributed by atoms with Crippen LogP contribution in [-0.2, 0) is 4.74 Å². The van der Waals surface area contributed by atoms with E-state index < -0.39 is 0 Å². The number of ether oxygens (including phenoxy) is 1. The Labute approximate surface area is 78.5 Å². The maximum absolute atomic E-state index is 11.3. The molecule has 1 rings (SSSR count). The molecule has 76 valence electrons. The van der Waals surface area contributed by atoms with Gasteiger partial charge in [-0.2, -0.15) is 0 Å². The van der Waals surface area contributed by atoms with Crippen molar-refractivity contribution in [1.82, 2.24) is 4.90 Å². The van der Waals surface area contributed by atoms with E-state index in [1.807, 2.05) is 6.92 Å². The second-order valence-electron chi connectivity index (χ2n) is 3.84. The summed E-state index contributed by atoms with van der Waals surface area (Å²) in [5, 5.41) is 9.08. The average Bonchev–Trinajstić information content (AvgIpc) is 2.50. The van der Waals surface area contributed by atoms with Crippen LogP contribution in [0.15, 0.2) is 0 Å². The molecule has 0 aromatic rings. The Morgan fingerprint density at radius 2 is 2.38 bits per heavy atom. The van der Waals surface area contributed by atoms with Crippen molar-refractivity contribution in [1.29, 1.82) is 0 Å². The van der Waals surface area contributed by atoms with Gasteiger partial charge in [0.25, 0.3) is 0 Å². The van der Waals surface area contributed by atoms with Crippen molar-refractivity contribution in [3.8, 4) is 0 Å². The largest absolute Gasteiger partial charge is 0.450 e. The maximum Gasteiger partial charge on any atom is 0.409 e. The van der Waals surface area contributed by atoms with Crippen LogP contribution in [0.5, 0.6) is 0 Å². The first-order chi connectivity index (χ1) is 6.11. The number of rotatable bonds is 2. The van der Waals surface area contributed by atoms with E-state index in [0.29, 0.717) is 19.7 Å². The summed E-state index contributed by atoms with van der Waals surface area (Å²) in [4.78, 5) is 12.9. The normalized spacial score (nSPS) is 27.8. The molecule has 0 aromatic heterocycles. The summed E-state index contributed by atoms with van der Waals surface area (Å²) < 4.78 is 4.87. The van der Waals surface area contributed by atoms with Crippen LogP contribution in [0.3, 0.4) is 0 Å². The Kier molecular flexibility index (Phi) is 3.14. The van der Waals surface area contributed by atoms with E-state index in [-0.39, 0.29) is 18.1 Å². The van der Waals surface area contributed by atoms with Gasteiger partial charge in [0.2, 0.25) is 0 Å². The lowest BCUT2D eigenvalue weighted by Crippen LogP contribution is -2.32. The molecule has 1 aliphatic heterocycles. The molecule has 4 heteroatoms. The fourth-order valence-electron chi connectivity index (χ4n) is 1.52. The quantitative estimate of drug-likeness (QED) is 0.697. The van der Waals surface area contributed by atoms with Gasteiger partial charge in [0, 0.05) is 18.5 Å². The zero-order chi connectivity index (χ0) is 9.90. The van der Waals surface area contributed by atoms with Gasteiger partial charge in [-0.15, -0.1) is 0 Å². The van der Waals surface area contributed by atoms with E-state index in [1.165, 1.54) is 0 Å². The highest BCUT2D eigenvalue weighted by Gasteiger charge is 2.35. The zero-order valence-electron chi connectivity index (χ0n) is 8.25. The van der Waals surface area contributed by atoms with Crippen LogP contribution in [0.1, 0.15) is 20.3 Å². The van der Waals surface area contributed by atoms with Gasteiger partial charge < -0.3 is 14.7 Å². The van der Waals surface area contributed by atoms with E-state index in [2.05, 4.69) is 0 Å². The first-order valence-electron chi connectivity index (χ1n) is 4.64. The minimum absolute atomic E-state index is 0.128. The third-order valence-corrected chi connectivity index (χ3v) is 2.47. The van der Waals surface area contributed by atoms with Gasteiger partial charge in [-0.3, -0.25) is 0 Å².